The van der Waals surface area contributed by atoms with Gasteiger partial charge >= 0.3 is 0 Å². The first-order chi connectivity index (χ1) is 12.9. The smallest absolute Gasteiger partial charge is 0.257 e. The zero-order valence-electron chi connectivity index (χ0n) is 16.2. The molecule has 1 amide bonds. The summed E-state index contributed by atoms with van der Waals surface area (Å²) in [6, 6.07) is 8.28. The van der Waals surface area contributed by atoms with Gasteiger partial charge in [-0.25, -0.2) is 0 Å². The standard InChI is InChI=1S/C21H25N3O3/c1-13-7-15(10-23(3)20(13)25)14-5-6-18(19(8-14)27-4)21(26)24-12-16-9-17(24)11-22(16)2/h5-8,10,16-17H,9,11-12H2,1-4H3/t16-,17-/m0/s1. The monoisotopic (exact) mass is 367 g/mol. The Morgan fingerprint density at radius 3 is 2.48 bits per heavy atom. The van der Waals surface area contributed by atoms with Gasteiger partial charge in [-0.1, -0.05) is 6.07 Å². The van der Waals surface area contributed by atoms with Crippen molar-refractivity contribution in [3.8, 4) is 16.9 Å². The van der Waals surface area contributed by atoms with Crippen LogP contribution in [0.2, 0.25) is 0 Å². The molecule has 1 aromatic heterocycles. The van der Waals surface area contributed by atoms with E-state index in [4.69, 9.17) is 4.74 Å². The number of piperazine rings is 1. The Kier molecular flexibility index (Phi) is 4.30. The second-order valence-electron chi connectivity index (χ2n) is 7.68. The van der Waals surface area contributed by atoms with Gasteiger partial charge in [-0.15, -0.1) is 0 Å². The second-order valence-corrected chi connectivity index (χ2v) is 7.68. The van der Waals surface area contributed by atoms with Crippen LogP contribution >= 0.6 is 0 Å². The summed E-state index contributed by atoms with van der Waals surface area (Å²) < 4.78 is 7.12. The maximum Gasteiger partial charge on any atom is 0.257 e. The first kappa shape index (κ1) is 17.8. The minimum atomic E-state index is -0.00781. The molecule has 3 heterocycles. The topological polar surface area (TPSA) is 54.8 Å². The lowest BCUT2D eigenvalue weighted by atomic mass is 10.0. The fourth-order valence-electron chi connectivity index (χ4n) is 4.35. The number of hydrogen-bond acceptors (Lipinski definition) is 4. The van der Waals surface area contributed by atoms with Crippen molar-refractivity contribution < 1.29 is 9.53 Å². The van der Waals surface area contributed by atoms with E-state index < -0.39 is 0 Å². The van der Waals surface area contributed by atoms with E-state index in [1.165, 1.54) is 0 Å². The number of carbonyl (C=O) groups excluding carboxylic acids is 1. The fraction of sp³-hybridized carbons (Fsp3) is 0.429. The molecule has 0 saturated carbocycles. The van der Waals surface area contributed by atoms with Crippen LogP contribution < -0.4 is 10.3 Å². The first-order valence-corrected chi connectivity index (χ1v) is 9.26. The molecule has 27 heavy (non-hydrogen) atoms. The third-order valence-corrected chi connectivity index (χ3v) is 5.90. The molecule has 0 spiro atoms. The molecule has 2 aliphatic rings. The van der Waals surface area contributed by atoms with Gasteiger partial charge in [0.1, 0.15) is 5.75 Å². The number of nitrogens with zero attached hydrogens (tertiary/aromatic N) is 3. The summed E-state index contributed by atoms with van der Waals surface area (Å²) in [5.41, 5.74) is 3.12. The molecular formula is C21H25N3O3. The highest BCUT2D eigenvalue weighted by Crippen LogP contribution is 2.33. The summed E-state index contributed by atoms with van der Waals surface area (Å²) in [4.78, 5) is 29.4. The van der Waals surface area contributed by atoms with Crippen LogP contribution in [0.5, 0.6) is 5.75 Å². The Balaban J connectivity index is 1.66. The number of amides is 1. The van der Waals surface area contributed by atoms with Gasteiger partial charge in [-0.3, -0.25) is 14.5 Å². The molecule has 0 radical (unpaired) electrons. The number of carbonyl (C=O) groups is 1. The minimum absolute atomic E-state index is 0.00781. The van der Waals surface area contributed by atoms with Gasteiger partial charge in [0.25, 0.3) is 11.5 Å². The molecule has 6 nitrogen and oxygen atoms in total. The summed E-state index contributed by atoms with van der Waals surface area (Å²) in [5.74, 6) is 0.607. The average Bonchev–Trinajstić information content (AvgIpc) is 3.24. The lowest BCUT2D eigenvalue weighted by Gasteiger charge is -2.32. The van der Waals surface area contributed by atoms with Crippen molar-refractivity contribution in [3.63, 3.8) is 0 Å². The molecule has 4 rings (SSSR count). The first-order valence-electron chi connectivity index (χ1n) is 9.26. The number of likely N-dealkylation sites (tertiary alicyclic amines) is 2. The number of fused-ring (bicyclic) bond motifs is 2. The predicted molar refractivity (Wildman–Crippen MR) is 104 cm³/mol. The van der Waals surface area contributed by atoms with Crippen LogP contribution in [-0.2, 0) is 7.05 Å². The highest BCUT2D eigenvalue weighted by molar-refractivity contribution is 5.98. The van der Waals surface area contributed by atoms with Crippen molar-refractivity contribution >= 4 is 5.91 Å². The van der Waals surface area contributed by atoms with Gasteiger partial charge < -0.3 is 14.2 Å². The van der Waals surface area contributed by atoms with Gasteiger partial charge in [0, 0.05) is 44.0 Å². The van der Waals surface area contributed by atoms with Crippen molar-refractivity contribution in [3.05, 3.63) is 51.9 Å². The molecule has 1 aromatic carbocycles. The number of methoxy groups -OCH3 is 1. The third kappa shape index (κ3) is 2.94. The number of aromatic nitrogens is 1. The second kappa shape index (κ2) is 6.53. The molecule has 0 N–H and O–H groups in total. The van der Waals surface area contributed by atoms with Crippen LogP contribution in [0.15, 0.2) is 35.3 Å². The maximum absolute atomic E-state index is 13.1. The van der Waals surface area contributed by atoms with Crippen LogP contribution in [0.4, 0.5) is 0 Å². The number of hydrogen-bond donors (Lipinski definition) is 0. The van der Waals surface area contributed by atoms with Crippen molar-refractivity contribution in [2.45, 2.75) is 25.4 Å². The largest absolute Gasteiger partial charge is 0.496 e. The highest BCUT2D eigenvalue weighted by Gasteiger charge is 2.44. The van der Waals surface area contributed by atoms with E-state index in [0.29, 0.717) is 29.0 Å². The molecule has 2 aromatic rings. The number of pyridine rings is 1. The highest BCUT2D eigenvalue weighted by atomic mass is 16.5. The molecule has 2 bridgehead atoms. The van der Waals surface area contributed by atoms with Gasteiger partial charge in [-0.2, -0.15) is 0 Å². The zero-order chi connectivity index (χ0) is 19.3. The van der Waals surface area contributed by atoms with Crippen LogP contribution in [0.1, 0.15) is 22.3 Å². The molecule has 2 aliphatic heterocycles. The zero-order valence-corrected chi connectivity index (χ0v) is 16.2. The number of benzene rings is 1. The Morgan fingerprint density at radius 1 is 1.11 bits per heavy atom. The quantitative estimate of drug-likeness (QED) is 0.832. The molecule has 2 atom stereocenters. The lowest BCUT2D eigenvalue weighted by Crippen LogP contribution is -2.47. The molecule has 0 unspecified atom stereocenters. The Hall–Kier alpha value is -2.60. The van der Waals surface area contributed by atoms with E-state index in [1.807, 2.05) is 29.2 Å². The summed E-state index contributed by atoms with van der Waals surface area (Å²) in [6.45, 7) is 3.53. The van der Waals surface area contributed by atoms with Gasteiger partial charge in [0.15, 0.2) is 0 Å². The van der Waals surface area contributed by atoms with Crippen LogP contribution in [0.25, 0.3) is 11.1 Å². The van der Waals surface area contributed by atoms with Crippen LogP contribution in [0.3, 0.4) is 0 Å². The fourth-order valence-corrected chi connectivity index (χ4v) is 4.35. The van der Waals surface area contributed by atoms with Crippen molar-refractivity contribution in [2.24, 2.45) is 7.05 Å². The average molecular weight is 367 g/mol. The summed E-state index contributed by atoms with van der Waals surface area (Å²) >= 11 is 0. The van der Waals surface area contributed by atoms with E-state index >= 15 is 0 Å². The van der Waals surface area contributed by atoms with E-state index in [9.17, 15) is 9.59 Å². The van der Waals surface area contributed by atoms with Crippen LogP contribution in [0, 0.1) is 6.92 Å². The lowest BCUT2D eigenvalue weighted by molar-refractivity contribution is 0.0647. The van der Waals surface area contributed by atoms with E-state index in [-0.39, 0.29) is 11.5 Å². The van der Waals surface area contributed by atoms with Gasteiger partial charge in [-0.05, 0) is 49.7 Å². The number of likely N-dealkylation sites (N-methyl/N-ethyl adjacent to an activating group) is 1. The molecule has 6 heteroatoms. The number of rotatable bonds is 3. The van der Waals surface area contributed by atoms with Gasteiger partial charge in [0.2, 0.25) is 0 Å². The molecule has 2 saturated heterocycles. The Labute approximate surface area is 159 Å². The van der Waals surface area contributed by atoms with Crippen molar-refractivity contribution in [1.29, 1.82) is 0 Å². The summed E-state index contributed by atoms with van der Waals surface area (Å²) in [7, 11) is 5.45. The Bertz CT molecular complexity index is 937. The Morgan fingerprint density at radius 2 is 1.89 bits per heavy atom. The van der Waals surface area contributed by atoms with E-state index in [1.54, 1.807) is 31.8 Å². The number of aryl methyl sites for hydroxylation is 2. The SMILES string of the molecule is COc1cc(-c2cc(C)c(=O)n(C)c2)ccc1C(=O)N1C[C@@H]2C[C@H]1CN2C. The van der Waals surface area contributed by atoms with Crippen molar-refractivity contribution in [1.82, 2.24) is 14.4 Å². The third-order valence-electron chi connectivity index (χ3n) is 5.90. The molecule has 142 valence electrons. The van der Waals surface area contributed by atoms with E-state index in [2.05, 4.69) is 11.9 Å². The molecule has 2 fully saturated rings. The molecular weight excluding hydrogens is 342 g/mol. The molecule has 0 aliphatic carbocycles. The summed E-state index contributed by atoms with van der Waals surface area (Å²) in [5, 5.41) is 0. The predicted octanol–water partition coefficient (Wildman–Crippen LogP) is 1.90. The maximum atomic E-state index is 13.1. The number of ether oxygens (including phenoxy) is 1. The summed E-state index contributed by atoms with van der Waals surface area (Å²) in [6.07, 6.45) is 2.86. The van der Waals surface area contributed by atoms with E-state index in [0.717, 1.165) is 30.6 Å². The van der Waals surface area contributed by atoms with Crippen LogP contribution in [-0.4, -0.2) is 59.6 Å². The van der Waals surface area contributed by atoms with Gasteiger partial charge in [0.05, 0.1) is 12.7 Å². The minimum Gasteiger partial charge on any atom is -0.496 e. The van der Waals surface area contributed by atoms with Crippen molar-refractivity contribution in [2.75, 3.05) is 27.2 Å². The normalized spacial score (nSPS) is 21.7.